The van der Waals surface area contributed by atoms with Crippen molar-refractivity contribution in [2.75, 3.05) is 11.2 Å². The van der Waals surface area contributed by atoms with E-state index in [1.807, 2.05) is 6.07 Å². The van der Waals surface area contributed by atoms with Crippen LogP contribution in [0.1, 0.15) is 0 Å². The Bertz CT molecular complexity index is 563. The topological polar surface area (TPSA) is 57.8 Å². The molecule has 0 spiro atoms. The van der Waals surface area contributed by atoms with Gasteiger partial charge in [0, 0.05) is 10.3 Å². The van der Waals surface area contributed by atoms with Gasteiger partial charge in [0.05, 0.1) is 17.8 Å². The quantitative estimate of drug-likeness (QED) is 0.682. The molecule has 1 aromatic carbocycles. The van der Waals surface area contributed by atoms with Gasteiger partial charge in [-0.05, 0) is 12.1 Å². The van der Waals surface area contributed by atoms with E-state index in [4.69, 9.17) is 0 Å². The molecule has 0 saturated heterocycles. The van der Waals surface area contributed by atoms with E-state index in [9.17, 15) is 4.79 Å². The van der Waals surface area contributed by atoms with Crippen molar-refractivity contribution in [3.05, 3.63) is 28.6 Å². The van der Waals surface area contributed by atoms with Crippen LogP contribution >= 0.6 is 11.8 Å². The van der Waals surface area contributed by atoms with E-state index in [0.29, 0.717) is 5.52 Å². The Balaban J connectivity index is 2.57. The second-order valence-corrected chi connectivity index (χ2v) is 4.08. The van der Waals surface area contributed by atoms with Gasteiger partial charge in [-0.3, -0.25) is 9.89 Å². The fourth-order valence-corrected chi connectivity index (χ4v) is 2.47. The fraction of sp³-hybridized carbons (Fsp3) is 0.111. The number of rotatable bonds is 0. The van der Waals surface area contributed by atoms with Crippen LogP contribution in [0, 0.1) is 0 Å². The molecular formula is C9H7N3OS. The van der Waals surface area contributed by atoms with Crippen LogP contribution in [0.15, 0.2) is 28.0 Å². The molecule has 5 heteroatoms. The third-order valence-electron chi connectivity index (χ3n) is 2.26. The maximum atomic E-state index is 11.6. The highest BCUT2D eigenvalue weighted by molar-refractivity contribution is 7.99. The van der Waals surface area contributed by atoms with Gasteiger partial charge in [-0.2, -0.15) is 5.10 Å². The van der Waals surface area contributed by atoms with Crippen LogP contribution in [0.2, 0.25) is 0 Å². The van der Waals surface area contributed by atoms with Gasteiger partial charge >= 0.3 is 0 Å². The van der Waals surface area contributed by atoms with Crippen molar-refractivity contribution in [3.8, 4) is 0 Å². The summed E-state index contributed by atoms with van der Waals surface area (Å²) in [7, 11) is 0. The van der Waals surface area contributed by atoms with Gasteiger partial charge < -0.3 is 5.32 Å². The molecule has 2 N–H and O–H groups in total. The Hall–Kier alpha value is -1.49. The van der Waals surface area contributed by atoms with Gasteiger partial charge in [0.25, 0.3) is 0 Å². The smallest absolute Gasteiger partial charge is 0.204 e. The zero-order chi connectivity index (χ0) is 9.54. The molecule has 0 fully saturated rings. The molecule has 1 aromatic heterocycles. The Labute approximate surface area is 83.7 Å². The minimum Gasteiger partial charge on any atom is -0.374 e. The van der Waals surface area contributed by atoms with Crippen LogP contribution < -0.4 is 10.7 Å². The normalized spacial score (nSPS) is 14.0. The standard InChI is InChI=1S/C9H7N3OS/c13-6-1-2-7-9(10-4-14-7)5-3-11-12-8(5)6/h1-3,10H,4H2,(H,11,12). The SMILES string of the molecule is O=c1ccc2c(c3cn[nH]c13)NCS2. The van der Waals surface area contributed by atoms with E-state index in [2.05, 4.69) is 15.5 Å². The van der Waals surface area contributed by atoms with E-state index < -0.39 is 0 Å². The van der Waals surface area contributed by atoms with Crippen LogP contribution in [0.4, 0.5) is 5.69 Å². The first-order chi connectivity index (χ1) is 6.86. The average Bonchev–Trinajstić information content (AvgIpc) is 2.80. The van der Waals surface area contributed by atoms with Gasteiger partial charge in [-0.25, -0.2) is 0 Å². The number of hydrogen-bond donors (Lipinski definition) is 2. The molecule has 1 aliphatic rings. The summed E-state index contributed by atoms with van der Waals surface area (Å²) in [5.74, 6) is 0.855. The maximum absolute atomic E-state index is 11.6. The van der Waals surface area contributed by atoms with Crippen LogP contribution in [0.3, 0.4) is 0 Å². The van der Waals surface area contributed by atoms with Crippen LogP contribution in [-0.2, 0) is 0 Å². The Kier molecular flexibility index (Phi) is 1.55. The molecule has 0 amide bonds. The van der Waals surface area contributed by atoms with E-state index in [1.165, 1.54) is 0 Å². The third-order valence-corrected chi connectivity index (χ3v) is 3.20. The van der Waals surface area contributed by atoms with Gasteiger partial charge in [0.2, 0.25) is 5.43 Å². The minimum absolute atomic E-state index is 0.0192. The monoisotopic (exact) mass is 205 g/mol. The molecule has 0 saturated carbocycles. The number of fused-ring (bicyclic) bond motifs is 3. The summed E-state index contributed by atoms with van der Waals surface area (Å²) < 4.78 is 0. The van der Waals surface area contributed by atoms with Crippen molar-refractivity contribution in [2.45, 2.75) is 4.90 Å². The fourth-order valence-electron chi connectivity index (χ4n) is 1.60. The molecule has 2 aromatic rings. The molecule has 0 bridgehead atoms. The second-order valence-electron chi connectivity index (χ2n) is 3.06. The average molecular weight is 205 g/mol. The summed E-state index contributed by atoms with van der Waals surface area (Å²) >= 11 is 1.70. The highest BCUT2D eigenvalue weighted by Gasteiger charge is 2.14. The number of hydrogen-bond acceptors (Lipinski definition) is 4. The lowest BCUT2D eigenvalue weighted by atomic mass is 10.3. The summed E-state index contributed by atoms with van der Waals surface area (Å²) in [5, 5.41) is 10.7. The zero-order valence-electron chi connectivity index (χ0n) is 7.20. The first-order valence-electron chi connectivity index (χ1n) is 4.23. The predicted molar refractivity (Wildman–Crippen MR) is 56.7 cm³/mol. The van der Waals surface area contributed by atoms with Crippen molar-refractivity contribution in [1.82, 2.24) is 10.2 Å². The number of thioether (sulfide) groups is 1. The molecule has 3 rings (SSSR count). The van der Waals surface area contributed by atoms with Crippen molar-refractivity contribution < 1.29 is 0 Å². The number of H-pyrrole nitrogens is 1. The van der Waals surface area contributed by atoms with Crippen LogP contribution in [0.5, 0.6) is 0 Å². The molecule has 0 unspecified atom stereocenters. The van der Waals surface area contributed by atoms with Crippen LogP contribution in [0.25, 0.3) is 10.9 Å². The second kappa shape index (κ2) is 2.75. The lowest BCUT2D eigenvalue weighted by Crippen LogP contribution is -1.95. The van der Waals surface area contributed by atoms with E-state index in [0.717, 1.165) is 21.8 Å². The van der Waals surface area contributed by atoms with Crippen molar-refractivity contribution in [3.63, 3.8) is 0 Å². The molecule has 4 nitrogen and oxygen atoms in total. The minimum atomic E-state index is -0.0192. The lowest BCUT2D eigenvalue weighted by Gasteiger charge is -1.92. The molecule has 2 heterocycles. The molecule has 0 aliphatic carbocycles. The highest BCUT2D eigenvalue weighted by atomic mass is 32.2. The predicted octanol–water partition coefficient (Wildman–Crippen LogP) is 1.40. The lowest BCUT2D eigenvalue weighted by molar-refractivity contribution is 1.11. The molecular weight excluding hydrogens is 198 g/mol. The number of nitrogens with one attached hydrogen (secondary N) is 2. The Morgan fingerprint density at radius 3 is 3.29 bits per heavy atom. The first-order valence-corrected chi connectivity index (χ1v) is 5.22. The summed E-state index contributed by atoms with van der Waals surface area (Å²) in [5.41, 5.74) is 1.57. The van der Waals surface area contributed by atoms with Gasteiger partial charge in [0.1, 0.15) is 5.52 Å². The number of anilines is 1. The van der Waals surface area contributed by atoms with Gasteiger partial charge in [-0.15, -0.1) is 11.8 Å². The highest BCUT2D eigenvalue weighted by Crippen LogP contribution is 2.36. The van der Waals surface area contributed by atoms with Crippen molar-refractivity contribution in [1.29, 1.82) is 0 Å². The Morgan fingerprint density at radius 1 is 1.43 bits per heavy atom. The zero-order valence-corrected chi connectivity index (χ0v) is 8.02. The van der Waals surface area contributed by atoms with Crippen molar-refractivity contribution in [2.24, 2.45) is 0 Å². The van der Waals surface area contributed by atoms with Gasteiger partial charge in [-0.1, -0.05) is 0 Å². The summed E-state index contributed by atoms with van der Waals surface area (Å²) in [4.78, 5) is 12.7. The number of aromatic amines is 1. The summed E-state index contributed by atoms with van der Waals surface area (Å²) in [6, 6.07) is 3.44. The number of aromatic nitrogens is 2. The number of nitrogens with zero attached hydrogens (tertiary/aromatic N) is 1. The van der Waals surface area contributed by atoms with Crippen LogP contribution in [-0.4, -0.2) is 16.1 Å². The van der Waals surface area contributed by atoms with Crippen molar-refractivity contribution >= 4 is 28.4 Å². The Morgan fingerprint density at radius 2 is 2.36 bits per heavy atom. The molecule has 0 radical (unpaired) electrons. The van der Waals surface area contributed by atoms with Gasteiger partial charge in [0.15, 0.2) is 0 Å². The summed E-state index contributed by atoms with van der Waals surface area (Å²) in [6.07, 6.45) is 1.69. The largest absolute Gasteiger partial charge is 0.374 e. The molecule has 14 heavy (non-hydrogen) atoms. The maximum Gasteiger partial charge on any atom is 0.204 e. The summed E-state index contributed by atoms with van der Waals surface area (Å²) in [6.45, 7) is 0. The third kappa shape index (κ3) is 0.957. The first kappa shape index (κ1) is 7.87. The molecule has 70 valence electrons. The van der Waals surface area contributed by atoms with E-state index in [1.54, 1.807) is 24.0 Å². The van der Waals surface area contributed by atoms with E-state index in [-0.39, 0.29) is 5.43 Å². The molecule has 0 atom stereocenters. The molecule has 1 aliphatic heterocycles. The van der Waals surface area contributed by atoms with E-state index >= 15 is 0 Å².